The number of hydrogen-bond acceptors (Lipinski definition) is 5. The first-order valence-electron chi connectivity index (χ1n) is 10.6. The number of rotatable bonds is 7. The van der Waals surface area contributed by atoms with Crippen LogP contribution in [0.15, 0.2) is 65.5 Å². The Morgan fingerprint density at radius 2 is 1.94 bits per heavy atom. The van der Waals surface area contributed by atoms with E-state index in [1.165, 1.54) is 0 Å². The number of nitrogens with one attached hydrogen (secondary N) is 1. The van der Waals surface area contributed by atoms with Gasteiger partial charge in [0, 0.05) is 5.56 Å². The van der Waals surface area contributed by atoms with E-state index in [0.29, 0.717) is 35.8 Å². The molecule has 1 aliphatic rings. The van der Waals surface area contributed by atoms with Gasteiger partial charge in [-0.2, -0.15) is 0 Å². The number of aromatic amines is 1. The molecule has 8 heteroatoms. The van der Waals surface area contributed by atoms with Crippen molar-refractivity contribution in [3.8, 4) is 17.2 Å². The molecule has 0 fully saturated rings. The Kier molecular flexibility index (Phi) is 5.26. The van der Waals surface area contributed by atoms with Crippen molar-refractivity contribution in [2.45, 2.75) is 26.0 Å². The van der Waals surface area contributed by atoms with Gasteiger partial charge in [-0.25, -0.2) is 9.59 Å². The molecular formula is C25H22N2O6. The van der Waals surface area contributed by atoms with Crippen LogP contribution >= 0.6 is 0 Å². The molecule has 1 unspecified atom stereocenters. The molecule has 0 radical (unpaired) electrons. The first-order chi connectivity index (χ1) is 16.0. The molecule has 0 bridgehead atoms. The smallest absolute Gasteiger partial charge is 0.349 e. The lowest BCUT2D eigenvalue weighted by atomic mass is 10.1. The van der Waals surface area contributed by atoms with E-state index in [1.54, 1.807) is 28.8 Å². The molecule has 1 aliphatic heterocycles. The number of benzene rings is 3. The number of nitrogens with zero attached hydrogens (tertiary/aromatic N) is 1. The van der Waals surface area contributed by atoms with E-state index in [4.69, 9.17) is 14.2 Å². The van der Waals surface area contributed by atoms with Crippen molar-refractivity contribution in [1.29, 1.82) is 0 Å². The summed E-state index contributed by atoms with van der Waals surface area (Å²) in [5.74, 6) is 0.453. The number of aliphatic carboxylic acids is 1. The van der Waals surface area contributed by atoms with Crippen molar-refractivity contribution in [2.24, 2.45) is 0 Å². The monoisotopic (exact) mass is 446 g/mol. The number of H-pyrrole nitrogens is 1. The Hall–Kier alpha value is -4.20. The van der Waals surface area contributed by atoms with Gasteiger partial charge in [0.1, 0.15) is 5.75 Å². The third-order valence-electron chi connectivity index (χ3n) is 5.70. The number of carboxylic acids is 1. The minimum absolute atomic E-state index is 0.109. The van der Waals surface area contributed by atoms with Crippen LogP contribution in [-0.4, -0.2) is 27.4 Å². The minimum Gasteiger partial charge on any atom is -0.478 e. The van der Waals surface area contributed by atoms with Crippen LogP contribution in [0.2, 0.25) is 0 Å². The lowest BCUT2D eigenvalue weighted by Gasteiger charge is -2.19. The zero-order valence-electron chi connectivity index (χ0n) is 17.9. The molecule has 0 saturated carbocycles. The SMILES string of the molecule is CCc1cc(Cn2c(=O)[nH]c3ccccc32)ccc1OC(C(=O)O)c1ccc2c(c1)OCO2. The highest BCUT2D eigenvalue weighted by Gasteiger charge is 2.26. The third-order valence-corrected chi connectivity index (χ3v) is 5.70. The molecule has 8 nitrogen and oxygen atoms in total. The van der Waals surface area contributed by atoms with Crippen LogP contribution in [0.3, 0.4) is 0 Å². The molecule has 1 aromatic heterocycles. The van der Waals surface area contributed by atoms with Gasteiger partial charge in [0.25, 0.3) is 0 Å². The van der Waals surface area contributed by atoms with Crippen molar-refractivity contribution in [2.75, 3.05) is 6.79 Å². The molecule has 168 valence electrons. The highest BCUT2D eigenvalue weighted by molar-refractivity contribution is 5.76. The molecule has 0 aliphatic carbocycles. The predicted octanol–water partition coefficient (Wildman–Crippen LogP) is 3.87. The fourth-order valence-electron chi connectivity index (χ4n) is 4.03. The average molecular weight is 446 g/mol. The zero-order chi connectivity index (χ0) is 22.9. The number of para-hydroxylation sites is 2. The summed E-state index contributed by atoms with van der Waals surface area (Å²) in [4.78, 5) is 27.3. The number of carbonyl (C=O) groups is 1. The van der Waals surface area contributed by atoms with Gasteiger partial charge in [0.05, 0.1) is 17.6 Å². The van der Waals surface area contributed by atoms with E-state index in [-0.39, 0.29) is 12.5 Å². The molecule has 0 amide bonds. The van der Waals surface area contributed by atoms with Gasteiger partial charge in [-0.15, -0.1) is 0 Å². The molecule has 3 aromatic carbocycles. The van der Waals surface area contributed by atoms with Crippen molar-refractivity contribution >= 4 is 17.0 Å². The number of aromatic nitrogens is 2. The molecule has 2 heterocycles. The van der Waals surface area contributed by atoms with E-state index in [1.807, 2.05) is 43.3 Å². The lowest BCUT2D eigenvalue weighted by Crippen LogP contribution is -2.19. The number of fused-ring (bicyclic) bond motifs is 2. The van der Waals surface area contributed by atoms with Crippen LogP contribution in [0.5, 0.6) is 17.2 Å². The van der Waals surface area contributed by atoms with E-state index >= 15 is 0 Å². The highest BCUT2D eigenvalue weighted by atomic mass is 16.7. The van der Waals surface area contributed by atoms with Crippen LogP contribution in [0.25, 0.3) is 11.0 Å². The first kappa shape index (κ1) is 20.7. The number of imidazole rings is 1. The number of aryl methyl sites for hydroxylation is 1. The second-order valence-electron chi connectivity index (χ2n) is 7.78. The normalized spacial score (nSPS) is 13.2. The fraction of sp³-hybridized carbons (Fsp3) is 0.200. The number of ether oxygens (including phenoxy) is 3. The van der Waals surface area contributed by atoms with Crippen LogP contribution in [-0.2, 0) is 17.8 Å². The summed E-state index contributed by atoms with van der Waals surface area (Å²) in [5.41, 5.74) is 3.67. The summed E-state index contributed by atoms with van der Waals surface area (Å²) in [5, 5.41) is 9.82. The highest BCUT2D eigenvalue weighted by Crippen LogP contribution is 2.36. The van der Waals surface area contributed by atoms with Gasteiger partial charge in [-0.05, 0) is 47.9 Å². The summed E-state index contributed by atoms with van der Waals surface area (Å²) < 4.78 is 18.3. The van der Waals surface area contributed by atoms with Gasteiger partial charge in [0.2, 0.25) is 12.9 Å². The quantitative estimate of drug-likeness (QED) is 0.447. The maximum Gasteiger partial charge on any atom is 0.349 e. The van der Waals surface area contributed by atoms with Gasteiger partial charge < -0.3 is 24.3 Å². The Balaban J connectivity index is 1.43. The summed E-state index contributed by atoms with van der Waals surface area (Å²) >= 11 is 0. The Morgan fingerprint density at radius 1 is 1.12 bits per heavy atom. The zero-order valence-corrected chi connectivity index (χ0v) is 17.9. The topological polar surface area (TPSA) is 103 Å². The van der Waals surface area contributed by atoms with E-state index in [2.05, 4.69) is 4.98 Å². The first-order valence-corrected chi connectivity index (χ1v) is 10.6. The summed E-state index contributed by atoms with van der Waals surface area (Å²) in [6.07, 6.45) is -0.564. The van der Waals surface area contributed by atoms with Crippen LogP contribution in [0.4, 0.5) is 0 Å². The standard InChI is InChI=1S/C25H22N2O6/c1-2-16-11-15(13-27-19-6-4-3-5-18(19)26-25(27)30)7-9-20(16)33-23(24(28)29)17-8-10-21-22(12-17)32-14-31-21/h3-12,23H,2,13-14H2,1H3,(H,26,30)(H,28,29). The van der Waals surface area contributed by atoms with Crippen molar-refractivity contribution in [3.05, 3.63) is 87.8 Å². The van der Waals surface area contributed by atoms with Crippen LogP contribution < -0.4 is 19.9 Å². The van der Waals surface area contributed by atoms with Crippen molar-refractivity contribution in [1.82, 2.24) is 9.55 Å². The molecule has 4 aromatic rings. The van der Waals surface area contributed by atoms with E-state index < -0.39 is 12.1 Å². The molecule has 5 rings (SSSR count). The largest absolute Gasteiger partial charge is 0.478 e. The molecular weight excluding hydrogens is 424 g/mol. The molecule has 0 spiro atoms. The second-order valence-corrected chi connectivity index (χ2v) is 7.78. The van der Waals surface area contributed by atoms with Crippen molar-refractivity contribution in [3.63, 3.8) is 0 Å². The average Bonchev–Trinajstić information content (AvgIpc) is 3.41. The van der Waals surface area contributed by atoms with Gasteiger partial charge in [-0.1, -0.05) is 37.3 Å². The number of carboxylic acid groups (broad SMARTS) is 1. The summed E-state index contributed by atoms with van der Waals surface area (Å²) in [6, 6.07) is 18.1. The molecule has 1 atom stereocenters. The van der Waals surface area contributed by atoms with Gasteiger partial charge in [0.15, 0.2) is 11.5 Å². The molecule has 33 heavy (non-hydrogen) atoms. The molecule has 2 N–H and O–H groups in total. The lowest BCUT2D eigenvalue weighted by molar-refractivity contribution is -0.145. The maximum atomic E-state index is 12.4. The van der Waals surface area contributed by atoms with Crippen LogP contribution in [0, 0.1) is 0 Å². The second kappa shape index (κ2) is 8.38. The molecule has 0 saturated heterocycles. The summed E-state index contributed by atoms with van der Waals surface area (Å²) in [6.45, 7) is 2.47. The third kappa shape index (κ3) is 3.91. The Labute approximate surface area is 189 Å². The van der Waals surface area contributed by atoms with Gasteiger partial charge in [-0.3, -0.25) is 4.57 Å². The predicted molar refractivity (Wildman–Crippen MR) is 121 cm³/mol. The minimum atomic E-state index is -1.20. The van der Waals surface area contributed by atoms with E-state index in [0.717, 1.165) is 22.2 Å². The van der Waals surface area contributed by atoms with Crippen molar-refractivity contribution < 1.29 is 24.1 Å². The van der Waals surface area contributed by atoms with Crippen LogP contribution in [0.1, 0.15) is 29.7 Å². The summed E-state index contributed by atoms with van der Waals surface area (Å²) in [7, 11) is 0. The number of hydrogen-bond donors (Lipinski definition) is 2. The van der Waals surface area contributed by atoms with Gasteiger partial charge >= 0.3 is 11.7 Å². The maximum absolute atomic E-state index is 12.4. The Bertz CT molecular complexity index is 1400. The fourth-order valence-corrected chi connectivity index (χ4v) is 4.03. The van der Waals surface area contributed by atoms with E-state index in [9.17, 15) is 14.7 Å². The Morgan fingerprint density at radius 3 is 2.76 bits per heavy atom.